The van der Waals surface area contributed by atoms with E-state index < -0.39 is 12.3 Å². The molecule has 0 fully saturated rings. The predicted molar refractivity (Wildman–Crippen MR) is 105 cm³/mol. The summed E-state index contributed by atoms with van der Waals surface area (Å²) in [5.41, 5.74) is 2.71. The van der Waals surface area contributed by atoms with Gasteiger partial charge in [-0.3, -0.25) is 4.79 Å². The third-order valence-corrected chi connectivity index (χ3v) is 4.40. The second-order valence-electron chi connectivity index (χ2n) is 6.70. The highest BCUT2D eigenvalue weighted by Gasteiger charge is 2.30. The molecule has 0 spiro atoms. The summed E-state index contributed by atoms with van der Waals surface area (Å²) in [6.07, 6.45) is -4.68. The van der Waals surface area contributed by atoms with Gasteiger partial charge in [0, 0.05) is 6.42 Å². The van der Waals surface area contributed by atoms with Gasteiger partial charge in [0.1, 0.15) is 23.9 Å². The molecule has 0 radical (unpaired) electrons. The molecule has 0 atom stereocenters. The van der Waals surface area contributed by atoms with E-state index in [-0.39, 0.29) is 31.0 Å². The molecule has 3 rings (SSSR count). The van der Waals surface area contributed by atoms with Gasteiger partial charge in [0.05, 0.1) is 0 Å². The first-order valence-electron chi connectivity index (χ1n) is 9.28. The zero-order valence-electron chi connectivity index (χ0n) is 16.2. The molecule has 0 aliphatic rings. The van der Waals surface area contributed by atoms with Gasteiger partial charge in [0.25, 0.3) is 0 Å². The molecule has 162 valence electrons. The highest BCUT2D eigenvalue weighted by Crippen LogP contribution is 2.30. The van der Waals surface area contributed by atoms with Crippen molar-refractivity contribution < 1.29 is 36.9 Å². The molecule has 0 bridgehead atoms. The van der Waals surface area contributed by atoms with Crippen LogP contribution in [0.1, 0.15) is 17.5 Å². The van der Waals surface area contributed by atoms with Crippen molar-refractivity contribution in [3.05, 3.63) is 83.7 Å². The van der Waals surface area contributed by atoms with Crippen molar-refractivity contribution in [2.75, 3.05) is 0 Å². The molecule has 8 heteroatoms. The minimum absolute atomic E-state index is 0.116. The molecule has 0 aliphatic carbocycles. The molecule has 31 heavy (non-hydrogen) atoms. The number of ether oxygens (including phenoxy) is 2. The smallest absolute Gasteiger partial charge is 0.489 e. The fraction of sp³-hybridized carbons (Fsp3) is 0.174. The first kappa shape index (κ1) is 22.1. The summed E-state index contributed by atoms with van der Waals surface area (Å²) >= 11 is 0. The molecule has 0 aromatic heterocycles. The number of carbonyl (C=O) groups is 1. The van der Waals surface area contributed by atoms with Crippen LogP contribution in [0.2, 0.25) is 0 Å². The number of benzene rings is 3. The van der Waals surface area contributed by atoms with E-state index in [9.17, 15) is 22.4 Å². The normalized spacial score (nSPS) is 11.2. The molecule has 3 aromatic rings. The first-order valence-corrected chi connectivity index (χ1v) is 9.28. The van der Waals surface area contributed by atoms with Gasteiger partial charge in [0.15, 0.2) is 0 Å². The molecule has 4 nitrogen and oxygen atoms in total. The van der Waals surface area contributed by atoms with Gasteiger partial charge in [-0.05, 0) is 65.1 Å². The van der Waals surface area contributed by atoms with Gasteiger partial charge in [0.2, 0.25) is 0 Å². The van der Waals surface area contributed by atoms with E-state index in [1.165, 1.54) is 36.4 Å². The number of hydrogen-bond acceptors (Lipinski definition) is 3. The monoisotopic (exact) mass is 434 g/mol. The summed E-state index contributed by atoms with van der Waals surface area (Å²) < 4.78 is 59.7. The van der Waals surface area contributed by atoms with Crippen LogP contribution >= 0.6 is 0 Å². The zero-order valence-corrected chi connectivity index (χ0v) is 16.2. The van der Waals surface area contributed by atoms with Crippen LogP contribution in [0, 0.1) is 5.82 Å². The Labute approximate surface area is 175 Å². The standard InChI is InChI=1S/C23H18F4O4/c24-19-7-1-15(2-8-19)14-30-21-11-5-17(13-18(21)6-12-22(28)29)16-3-9-20(10-4-16)31-23(25,26)27/h1-5,7-11,13H,6,12,14H2,(H,28,29). The predicted octanol–water partition coefficient (Wildman–Crippen LogP) is 5.99. The number of aryl methyl sites for hydroxylation is 1. The summed E-state index contributed by atoms with van der Waals surface area (Å²) in [5, 5.41) is 9.03. The van der Waals surface area contributed by atoms with E-state index in [0.717, 1.165) is 5.56 Å². The molecule has 0 unspecified atom stereocenters. The van der Waals surface area contributed by atoms with Crippen LogP contribution in [0.4, 0.5) is 17.6 Å². The summed E-state index contributed by atoms with van der Waals surface area (Å²) in [7, 11) is 0. The second-order valence-corrected chi connectivity index (χ2v) is 6.70. The third kappa shape index (κ3) is 6.74. The van der Waals surface area contributed by atoms with E-state index in [0.29, 0.717) is 22.4 Å². The molecule has 3 aromatic carbocycles. The Balaban J connectivity index is 1.81. The van der Waals surface area contributed by atoms with Crippen LogP contribution in [-0.2, 0) is 17.8 Å². The van der Waals surface area contributed by atoms with Gasteiger partial charge in [-0.15, -0.1) is 13.2 Å². The summed E-state index contributed by atoms with van der Waals surface area (Å²) in [4.78, 5) is 11.0. The van der Waals surface area contributed by atoms with E-state index >= 15 is 0 Å². The molecule has 0 saturated heterocycles. The maximum atomic E-state index is 13.0. The van der Waals surface area contributed by atoms with Crippen molar-refractivity contribution >= 4 is 5.97 Å². The average molecular weight is 434 g/mol. The Kier molecular flexibility index (Phi) is 6.79. The highest BCUT2D eigenvalue weighted by atomic mass is 19.4. The number of rotatable bonds is 8. The largest absolute Gasteiger partial charge is 0.573 e. The van der Waals surface area contributed by atoms with Crippen LogP contribution in [0.5, 0.6) is 11.5 Å². The van der Waals surface area contributed by atoms with Crippen molar-refractivity contribution in [1.29, 1.82) is 0 Å². The van der Waals surface area contributed by atoms with Crippen molar-refractivity contribution in [2.24, 2.45) is 0 Å². The van der Waals surface area contributed by atoms with Crippen molar-refractivity contribution in [3.63, 3.8) is 0 Å². The van der Waals surface area contributed by atoms with Crippen molar-refractivity contribution in [1.82, 2.24) is 0 Å². The van der Waals surface area contributed by atoms with Gasteiger partial charge in [-0.25, -0.2) is 4.39 Å². The molecule has 1 N–H and O–H groups in total. The van der Waals surface area contributed by atoms with Crippen molar-refractivity contribution in [3.8, 4) is 22.6 Å². The van der Waals surface area contributed by atoms with Gasteiger partial charge >= 0.3 is 12.3 Å². The van der Waals surface area contributed by atoms with Crippen LogP contribution in [0.15, 0.2) is 66.7 Å². The van der Waals surface area contributed by atoms with Crippen LogP contribution in [0.25, 0.3) is 11.1 Å². The van der Waals surface area contributed by atoms with Gasteiger partial charge < -0.3 is 14.6 Å². The maximum Gasteiger partial charge on any atom is 0.573 e. The summed E-state index contributed by atoms with van der Waals surface area (Å²) in [5.74, 6) is -1.18. The molecule has 0 saturated carbocycles. The molecule has 0 heterocycles. The average Bonchev–Trinajstić information content (AvgIpc) is 2.71. The van der Waals surface area contributed by atoms with Crippen LogP contribution in [0.3, 0.4) is 0 Å². The van der Waals surface area contributed by atoms with E-state index in [4.69, 9.17) is 9.84 Å². The Morgan fingerprint density at radius 3 is 2.16 bits per heavy atom. The van der Waals surface area contributed by atoms with E-state index in [2.05, 4.69) is 4.74 Å². The number of carboxylic acid groups (broad SMARTS) is 1. The lowest BCUT2D eigenvalue weighted by atomic mass is 10.00. The number of alkyl halides is 3. The summed E-state index contributed by atoms with van der Waals surface area (Å²) in [6.45, 7) is 0.170. The lowest BCUT2D eigenvalue weighted by Crippen LogP contribution is -2.16. The number of halogens is 4. The fourth-order valence-electron chi connectivity index (χ4n) is 2.93. The van der Waals surface area contributed by atoms with Gasteiger partial charge in [-0.1, -0.05) is 30.3 Å². The lowest BCUT2D eigenvalue weighted by molar-refractivity contribution is -0.274. The minimum Gasteiger partial charge on any atom is -0.489 e. The van der Waals surface area contributed by atoms with E-state index in [1.807, 2.05) is 0 Å². The third-order valence-electron chi connectivity index (χ3n) is 4.40. The molecular formula is C23H18F4O4. The highest BCUT2D eigenvalue weighted by molar-refractivity contribution is 5.69. The van der Waals surface area contributed by atoms with Gasteiger partial charge in [-0.2, -0.15) is 0 Å². The first-order chi connectivity index (χ1) is 14.7. The second kappa shape index (κ2) is 9.51. The fourth-order valence-corrected chi connectivity index (χ4v) is 2.93. The Morgan fingerprint density at radius 1 is 0.903 bits per heavy atom. The number of hydrogen-bond donors (Lipinski definition) is 1. The summed E-state index contributed by atoms with van der Waals surface area (Å²) in [6, 6.07) is 16.3. The zero-order chi connectivity index (χ0) is 22.4. The molecule has 0 aliphatic heterocycles. The molecular weight excluding hydrogens is 416 g/mol. The number of aliphatic carboxylic acids is 1. The van der Waals surface area contributed by atoms with E-state index in [1.54, 1.807) is 30.3 Å². The van der Waals surface area contributed by atoms with Crippen LogP contribution < -0.4 is 9.47 Å². The Hall–Kier alpha value is -3.55. The maximum absolute atomic E-state index is 13.0. The van der Waals surface area contributed by atoms with Crippen molar-refractivity contribution in [2.45, 2.75) is 25.8 Å². The SMILES string of the molecule is O=C(O)CCc1cc(-c2ccc(OC(F)(F)F)cc2)ccc1OCc1ccc(F)cc1. The quantitative estimate of drug-likeness (QED) is 0.443. The number of carboxylic acids is 1. The van der Waals surface area contributed by atoms with Crippen LogP contribution in [-0.4, -0.2) is 17.4 Å². The minimum atomic E-state index is -4.77. The topological polar surface area (TPSA) is 55.8 Å². The lowest BCUT2D eigenvalue weighted by Gasteiger charge is -2.14. The molecule has 0 amide bonds. The Bertz CT molecular complexity index is 1030. The Morgan fingerprint density at radius 2 is 1.55 bits per heavy atom.